The molecule has 0 aliphatic heterocycles. The summed E-state index contributed by atoms with van der Waals surface area (Å²) in [5, 5.41) is 3.93. The first-order valence-corrected chi connectivity index (χ1v) is 7.26. The standard InChI is InChI=1S/C15H22ClN3O2/c1-4-17-15(18-10-9-14(20)21-3)19(2)11-12-7-5-6-8-13(12)16/h5-8H,4,9-11H2,1-3H3,(H,17,18). The summed E-state index contributed by atoms with van der Waals surface area (Å²) in [5.74, 6) is 0.477. The third kappa shape index (κ3) is 6.04. The van der Waals surface area contributed by atoms with E-state index in [1.54, 1.807) is 0 Å². The third-order valence-electron chi connectivity index (χ3n) is 2.87. The molecule has 1 aromatic carbocycles. The summed E-state index contributed by atoms with van der Waals surface area (Å²) in [6.45, 7) is 3.79. The van der Waals surface area contributed by atoms with Crippen molar-refractivity contribution in [1.29, 1.82) is 0 Å². The Morgan fingerprint density at radius 2 is 2.14 bits per heavy atom. The van der Waals surface area contributed by atoms with Crippen LogP contribution in [0.4, 0.5) is 0 Å². The highest BCUT2D eigenvalue weighted by Gasteiger charge is 2.09. The van der Waals surface area contributed by atoms with Gasteiger partial charge in [0, 0.05) is 25.2 Å². The van der Waals surface area contributed by atoms with Crippen LogP contribution in [0.15, 0.2) is 29.3 Å². The maximum atomic E-state index is 11.1. The topological polar surface area (TPSA) is 53.9 Å². The number of hydrogen-bond donors (Lipinski definition) is 1. The molecule has 116 valence electrons. The lowest BCUT2D eigenvalue weighted by molar-refractivity contribution is -0.140. The quantitative estimate of drug-likeness (QED) is 0.497. The number of carbonyl (C=O) groups excluding carboxylic acids is 1. The predicted molar refractivity (Wildman–Crippen MR) is 85.5 cm³/mol. The Hall–Kier alpha value is -1.75. The minimum absolute atomic E-state index is 0.261. The van der Waals surface area contributed by atoms with Crippen LogP contribution < -0.4 is 5.32 Å². The Labute approximate surface area is 130 Å². The van der Waals surface area contributed by atoms with Gasteiger partial charge in [-0.1, -0.05) is 29.8 Å². The average molecular weight is 312 g/mol. The Balaban J connectivity index is 2.68. The molecule has 5 nitrogen and oxygen atoms in total. The first-order valence-electron chi connectivity index (χ1n) is 6.88. The molecule has 0 spiro atoms. The Kier molecular flexibility index (Phi) is 7.61. The van der Waals surface area contributed by atoms with Crippen LogP contribution in [0.5, 0.6) is 0 Å². The minimum atomic E-state index is -0.261. The van der Waals surface area contributed by atoms with E-state index in [0.717, 1.165) is 23.1 Å². The van der Waals surface area contributed by atoms with Crippen molar-refractivity contribution < 1.29 is 9.53 Å². The van der Waals surface area contributed by atoms with Gasteiger partial charge in [0.2, 0.25) is 0 Å². The van der Waals surface area contributed by atoms with Crippen molar-refractivity contribution in [2.24, 2.45) is 4.99 Å². The summed E-state index contributed by atoms with van der Waals surface area (Å²) >= 11 is 6.17. The van der Waals surface area contributed by atoms with Crippen LogP contribution in [-0.4, -0.2) is 44.1 Å². The molecule has 0 saturated carbocycles. The van der Waals surface area contributed by atoms with Gasteiger partial charge in [0.15, 0.2) is 5.96 Å². The Morgan fingerprint density at radius 3 is 2.76 bits per heavy atom. The van der Waals surface area contributed by atoms with Gasteiger partial charge in [0.05, 0.1) is 20.1 Å². The highest BCUT2D eigenvalue weighted by atomic mass is 35.5. The summed E-state index contributed by atoms with van der Waals surface area (Å²) in [6.07, 6.45) is 0.269. The highest BCUT2D eigenvalue weighted by molar-refractivity contribution is 6.31. The lowest BCUT2D eigenvalue weighted by Gasteiger charge is -2.22. The van der Waals surface area contributed by atoms with E-state index in [0.29, 0.717) is 13.1 Å². The van der Waals surface area contributed by atoms with E-state index < -0.39 is 0 Å². The highest BCUT2D eigenvalue weighted by Crippen LogP contribution is 2.16. The molecular formula is C15H22ClN3O2. The molecule has 0 radical (unpaired) electrons. The largest absolute Gasteiger partial charge is 0.469 e. The molecule has 0 unspecified atom stereocenters. The van der Waals surface area contributed by atoms with Crippen molar-refractivity contribution in [1.82, 2.24) is 10.2 Å². The van der Waals surface area contributed by atoms with E-state index in [4.69, 9.17) is 11.6 Å². The number of rotatable bonds is 6. The third-order valence-corrected chi connectivity index (χ3v) is 3.24. The van der Waals surface area contributed by atoms with Gasteiger partial charge in [-0.2, -0.15) is 0 Å². The zero-order valence-corrected chi connectivity index (χ0v) is 13.5. The first-order chi connectivity index (χ1) is 10.1. The van der Waals surface area contributed by atoms with Crippen LogP contribution in [0, 0.1) is 0 Å². The maximum Gasteiger partial charge on any atom is 0.307 e. The van der Waals surface area contributed by atoms with Crippen molar-refractivity contribution in [2.45, 2.75) is 19.9 Å². The van der Waals surface area contributed by atoms with E-state index in [1.165, 1.54) is 7.11 Å². The number of guanidine groups is 1. The molecule has 1 aromatic rings. The van der Waals surface area contributed by atoms with E-state index >= 15 is 0 Å². The van der Waals surface area contributed by atoms with Crippen LogP contribution in [0.25, 0.3) is 0 Å². The number of benzene rings is 1. The van der Waals surface area contributed by atoms with Gasteiger partial charge in [-0.3, -0.25) is 9.79 Å². The van der Waals surface area contributed by atoms with E-state index in [2.05, 4.69) is 15.0 Å². The zero-order valence-electron chi connectivity index (χ0n) is 12.7. The molecule has 0 aromatic heterocycles. The summed E-state index contributed by atoms with van der Waals surface area (Å²) in [6, 6.07) is 7.71. The van der Waals surface area contributed by atoms with E-state index in [9.17, 15) is 4.79 Å². The number of esters is 1. The fraction of sp³-hybridized carbons (Fsp3) is 0.467. The van der Waals surface area contributed by atoms with E-state index in [1.807, 2.05) is 43.1 Å². The molecule has 0 atom stereocenters. The van der Waals surface area contributed by atoms with Crippen molar-refractivity contribution >= 4 is 23.5 Å². The maximum absolute atomic E-state index is 11.1. The van der Waals surface area contributed by atoms with E-state index in [-0.39, 0.29) is 12.4 Å². The number of halogens is 1. The molecule has 0 saturated heterocycles. The van der Waals surface area contributed by atoms with Crippen molar-refractivity contribution in [3.8, 4) is 0 Å². The number of carbonyl (C=O) groups is 1. The normalized spacial score (nSPS) is 11.1. The van der Waals surface area contributed by atoms with Gasteiger partial charge < -0.3 is 15.0 Å². The molecule has 1 N–H and O–H groups in total. The SMILES string of the molecule is CCNC(=NCCC(=O)OC)N(C)Cc1ccccc1Cl. The second-order valence-electron chi connectivity index (χ2n) is 4.51. The summed E-state index contributed by atoms with van der Waals surface area (Å²) in [7, 11) is 3.31. The fourth-order valence-electron chi connectivity index (χ4n) is 1.78. The van der Waals surface area contributed by atoms with Gasteiger partial charge in [0.25, 0.3) is 0 Å². The summed E-state index contributed by atoms with van der Waals surface area (Å²) in [5.41, 5.74) is 1.03. The minimum Gasteiger partial charge on any atom is -0.469 e. The van der Waals surface area contributed by atoms with Crippen LogP contribution in [-0.2, 0) is 16.1 Å². The van der Waals surface area contributed by atoms with Crippen LogP contribution in [0.2, 0.25) is 5.02 Å². The molecule has 0 fully saturated rings. The number of ether oxygens (including phenoxy) is 1. The number of aliphatic imine (C=N–C) groups is 1. The number of nitrogens with zero attached hydrogens (tertiary/aromatic N) is 2. The zero-order chi connectivity index (χ0) is 15.7. The van der Waals surface area contributed by atoms with Gasteiger partial charge in [-0.15, -0.1) is 0 Å². The van der Waals surface area contributed by atoms with Gasteiger partial charge in [0.1, 0.15) is 0 Å². The average Bonchev–Trinajstić information content (AvgIpc) is 2.48. The summed E-state index contributed by atoms with van der Waals surface area (Å²) in [4.78, 5) is 17.5. The molecule has 0 aliphatic carbocycles. The van der Waals surface area contributed by atoms with Gasteiger partial charge in [-0.25, -0.2) is 0 Å². The van der Waals surface area contributed by atoms with Crippen LogP contribution >= 0.6 is 11.6 Å². The summed E-state index contributed by atoms with van der Waals surface area (Å²) < 4.78 is 4.60. The number of nitrogens with one attached hydrogen (secondary N) is 1. The molecule has 6 heteroatoms. The lowest BCUT2D eigenvalue weighted by Crippen LogP contribution is -2.38. The Morgan fingerprint density at radius 1 is 1.43 bits per heavy atom. The van der Waals surface area contributed by atoms with Crippen molar-refractivity contribution in [3.05, 3.63) is 34.9 Å². The van der Waals surface area contributed by atoms with Crippen LogP contribution in [0.3, 0.4) is 0 Å². The van der Waals surface area contributed by atoms with Gasteiger partial charge in [-0.05, 0) is 18.6 Å². The molecule has 0 bridgehead atoms. The second kappa shape index (κ2) is 9.23. The predicted octanol–water partition coefficient (Wildman–Crippen LogP) is 2.30. The molecule has 21 heavy (non-hydrogen) atoms. The number of methoxy groups -OCH3 is 1. The fourth-order valence-corrected chi connectivity index (χ4v) is 1.98. The van der Waals surface area contributed by atoms with Crippen molar-refractivity contribution in [3.63, 3.8) is 0 Å². The monoisotopic (exact) mass is 311 g/mol. The van der Waals surface area contributed by atoms with Crippen molar-refractivity contribution in [2.75, 3.05) is 27.2 Å². The van der Waals surface area contributed by atoms with Crippen LogP contribution in [0.1, 0.15) is 18.9 Å². The molecular weight excluding hydrogens is 290 g/mol. The lowest BCUT2D eigenvalue weighted by atomic mass is 10.2. The molecule has 0 amide bonds. The van der Waals surface area contributed by atoms with Gasteiger partial charge >= 0.3 is 5.97 Å². The number of hydrogen-bond acceptors (Lipinski definition) is 3. The molecule has 0 aliphatic rings. The molecule has 1 rings (SSSR count). The first kappa shape index (κ1) is 17.3. The smallest absolute Gasteiger partial charge is 0.307 e. The Bertz CT molecular complexity index is 492. The second-order valence-corrected chi connectivity index (χ2v) is 4.92. The molecule has 0 heterocycles.